The molecule has 1 aromatic carbocycles. The molecule has 1 aliphatic rings. The van der Waals surface area contributed by atoms with Crippen LogP contribution in [0.4, 0.5) is 13.2 Å². The molecule has 0 saturated heterocycles. The number of rotatable bonds is 2. The number of nitriles is 1. The molecule has 0 bridgehead atoms. The average Bonchev–Trinajstić information content (AvgIpc) is 2.38. The van der Waals surface area contributed by atoms with Crippen molar-refractivity contribution in [2.75, 3.05) is 13.2 Å². The van der Waals surface area contributed by atoms with Crippen molar-refractivity contribution in [3.63, 3.8) is 0 Å². The molecule has 1 atom stereocenters. The highest BCUT2D eigenvalue weighted by atomic mass is 19.4. The molecule has 7 heteroatoms. The second-order valence-electron chi connectivity index (χ2n) is 3.83. The van der Waals surface area contributed by atoms with E-state index >= 15 is 0 Å². The zero-order valence-electron chi connectivity index (χ0n) is 9.53. The van der Waals surface area contributed by atoms with Crippen LogP contribution in [0.15, 0.2) is 18.2 Å². The van der Waals surface area contributed by atoms with Crippen LogP contribution in [-0.2, 0) is 4.79 Å². The Morgan fingerprint density at radius 1 is 1.26 bits per heavy atom. The van der Waals surface area contributed by atoms with Crippen LogP contribution in [0.2, 0.25) is 0 Å². The van der Waals surface area contributed by atoms with E-state index in [0.717, 1.165) is 0 Å². The summed E-state index contributed by atoms with van der Waals surface area (Å²) in [6.07, 6.45) is -5.05. The molecule has 0 saturated carbocycles. The monoisotopic (exact) mass is 271 g/mol. The Hall–Kier alpha value is -2.23. The molecule has 0 aromatic heterocycles. The first-order valence-electron chi connectivity index (χ1n) is 5.33. The van der Waals surface area contributed by atoms with E-state index in [0.29, 0.717) is 12.4 Å². The number of alkyl halides is 3. The predicted octanol–water partition coefficient (Wildman–Crippen LogP) is 2.20. The first kappa shape index (κ1) is 13.2. The van der Waals surface area contributed by atoms with Crippen molar-refractivity contribution in [3.8, 4) is 17.6 Å². The van der Waals surface area contributed by atoms with Crippen LogP contribution in [0.3, 0.4) is 0 Å². The van der Waals surface area contributed by atoms with E-state index < -0.39 is 17.9 Å². The summed E-state index contributed by atoms with van der Waals surface area (Å²) in [7, 11) is 0. The molecule has 1 aromatic rings. The van der Waals surface area contributed by atoms with E-state index in [1.807, 2.05) is 0 Å². The number of hydrogen-bond donors (Lipinski definition) is 0. The summed E-state index contributed by atoms with van der Waals surface area (Å²) >= 11 is 0. The van der Waals surface area contributed by atoms with Crippen molar-refractivity contribution < 1.29 is 27.4 Å². The second-order valence-corrected chi connectivity index (χ2v) is 3.83. The molecule has 1 heterocycles. The van der Waals surface area contributed by atoms with Gasteiger partial charge in [-0.15, -0.1) is 0 Å². The number of ketones is 1. The molecular formula is C12H8F3NO3. The SMILES string of the molecule is N#CC(C(=O)C(F)(F)F)c1ccc2c(c1)OCCO2. The number of ether oxygens (including phenoxy) is 2. The van der Waals surface area contributed by atoms with Crippen LogP contribution in [0.5, 0.6) is 11.5 Å². The minimum absolute atomic E-state index is 0.0610. The summed E-state index contributed by atoms with van der Waals surface area (Å²) < 4.78 is 47.5. The molecule has 0 amide bonds. The number of carbonyl (C=O) groups is 1. The summed E-state index contributed by atoms with van der Waals surface area (Å²) in [6.45, 7) is 0.608. The van der Waals surface area contributed by atoms with Crippen molar-refractivity contribution in [1.82, 2.24) is 0 Å². The number of hydrogen-bond acceptors (Lipinski definition) is 4. The van der Waals surface area contributed by atoms with E-state index in [2.05, 4.69) is 0 Å². The largest absolute Gasteiger partial charge is 0.486 e. The third-order valence-electron chi connectivity index (χ3n) is 2.57. The number of fused-ring (bicyclic) bond motifs is 1. The molecular weight excluding hydrogens is 263 g/mol. The molecule has 0 radical (unpaired) electrons. The van der Waals surface area contributed by atoms with Gasteiger partial charge < -0.3 is 9.47 Å². The van der Waals surface area contributed by atoms with Gasteiger partial charge in [0.1, 0.15) is 19.1 Å². The second kappa shape index (κ2) is 4.80. The summed E-state index contributed by atoms with van der Waals surface area (Å²) in [5.41, 5.74) is -0.0610. The van der Waals surface area contributed by atoms with Gasteiger partial charge >= 0.3 is 6.18 Å². The van der Waals surface area contributed by atoms with Crippen molar-refractivity contribution in [1.29, 1.82) is 5.26 Å². The maximum absolute atomic E-state index is 12.4. The minimum Gasteiger partial charge on any atom is -0.486 e. The molecule has 100 valence electrons. The van der Waals surface area contributed by atoms with Gasteiger partial charge in [0.05, 0.1) is 6.07 Å². The van der Waals surface area contributed by atoms with Crippen LogP contribution in [0, 0.1) is 11.3 Å². The summed E-state index contributed by atoms with van der Waals surface area (Å²) in [4.78, 5) is 11.1. The fraction of sp³-hybridized carbons (Fsp3) is 0.333. The van der Waals surface area contributed by atoms with Gasteiger partial charge in [-0.3, -0.25) is 4.79 Å². The van der Waals surface area contributed by atoms with Crippen molar-refractivity contribution in [2.24, 2.45) is 0 Å². The van der Waals surface area contributed by atoms with Gasteiger partial charge in [0.2, 0.25) is 0 Å². The Balaban J connectivity index is 2.35. The Morgan fingerprint density at radius 2 is 1.89 bits per heavy atom. The lowest BCUT2D eigenvalue weighted by molar-refractivity contribution is -0.171. The summed E-state index contributed by atoms with van der Waals surface area (Å²) in [5.74, 6) is -3.37. The molecule has 1 aliphatic heterocycles. The van der Waals surface area contributed by atoms with Gasteiger partial charge in [0, 0.05) is 0 Å². The first-order chi connectivity index (χ1) is 8.93. The number of Topliss-reactive ketones (excluding diaryl/α,β-unsaturated/α-hetero) is 1. The van der Waals surface area contributed by atoms with Gasteiger partial charge in [-0.05, 0) is 17.7 Å². The highest BCUT2D eigenvalue weighted by molar-refractivity contribution is 5.93. The molecule has 2 rings (SSSR count). The molecule has 4 nitrogen and oxygen atoms in total. The topological polar surface area (TPSA) is 59.3 Å². The quantitative estimate of drug-likeness (QED) is 0.827. The molecule has 1 unspecified atom stereocenters. The Kier molecular flexibility index (Phi) is 3.34. The third-order valence-corrected chi connectivity index (χ3v) is 2.57. The number of nitrogens with zero attached hydrogens (tertiary/aromatic N) is 1. The Bertz CT molecular complexity index is 548. The van der Waals surface area contributed by atoms with Crippen molar-refractivity contribution in [2.45, 2.75) is 12.1 Å². The predicted molar refractivity (Wildman–Crippen MR) is 56.8 cm³/mol. The normalized spacial score (nSPS) is 15.5. The zero-order chi connectivity index (χ0) is 14.0. The van der Waals surface area contributed by atoms with E-state index in [1.165, 1.54) is 24.3 Å². The van der Waals surface area contributed by atoms with Crippen LogP contribution >= 0.6 is 0 Å². The van der Waals surface area contributed by atoms with Gasteiger partial charge in [0.25, 0.3) is 5.78 Å². The van der Waals surface area contributed by atoms with E-state index in [9.17, 15) is 18.0 Å². The molecule has 0 N–H and O–H groups in total. The summed E-state index contributed by atoms with van der Waals surface area (Å²) in [6, 6.07) is 5.24. The zero-order valence-corrected chi connectivity index (χ0v) is 9.53. The van der Waals surface area contributed by atoms with E-state index in [-0.39, 0.29) is 17.9 Å². The third kappa shape index (κ3) is 2.62. The van der Waals surface area contributed by atoms with Crippen LogP contribution in [-0.4, -0.2) is 25.2 Å². The molecule has 19 heavy (non-hydrogen) atoms. The first-order valence-corrected chi connectivity index (χ1v) is 5.33. The Morgan fingerprint density at radius 3 is 2.47 bits per heavy atom. The van der Waals surface area contributed by atoms with Crippen LogP contribution in [0.1, 0.15) is 11.5 Å². The fourth-order valence-corrected chi connectivity index (χ4v) is 1.69. The van der Waals surface area contributed by atoms with Gasteiger partial charge in [-0.1, -0.05) is 6.07 Å². The van der Waals surface area contributed by atoms with Crippen molar-refractivity contribution in [3.05, 3.63) is 23.8 Å². The summed E-state index contributed by atoms with van der Waals surface area (Å²) in [5, 5.41) is 8.77. The smallest absolute Gasteiger partial charge is 0.451 e. The van der Waals surface area contributed by atoms with Gasteiger partial charge in [-0.2, -0.15) is 18.4 Å². The molecule has 0 spiro atoms. The Labute approximate surface area is 106 Å². The maximum atomic E-state index is 12.4. The van der Waals surface area contributed by atoms with Crippen molar-refractivity contribution >= 4 is 5.78 Å². The minimum atomic E-state index is -5.05. The maximum Gasteiger partial charge on any atom is 0.451 e. The number of carbonyl (C=O) groups excluding carboxylic acids is 1. The van der Waals surface area contributed by atoms with Gasteiger partial charge in [-0.25, -0.2) is 0 Å². The van der Waals surface area contributed by atoms with Gasteiger partial charge in [0.15, 0.2) is 11.5 Å². The highest BCUT2D eigenvalue weighted by Gasteiger charge is 2.44. The lowest BCUT2D eigenvalue weighted by Crippen LogP contribution is -2.28. The van der Waals surface area contributed by atoms with Crippen LogP contribution < -0.4 is 9.47 Å². The molecule has 0 aliphatic carbocycles. The van der Waals surface area contributed by atoms with E-state index in [1.54, 1.807) is 0 Å². The number of halogens is 3. The average molecular weight is 271 g/mol. The standard InChI is InChI=1S/C12H8F3NO3/c13-12(14,15)11(17)8(6-16)7-1-2-9-10(5-7)19-4-3-18-9/h1-2,5,8H,3-4H2. The lowest BCUT2D eigenvalue weighted by atomic mass is 9.95. The highest BCUT2D eigenvalue weighted by Crippen LogP contribution is 2.35. The number of benzene rings is 1. The lowest BCUT2D eigenvalue weighted by Gasteiger charge is -2.20. The van der Waals surface area contributed by atoms with E-state index in [4.69, 9.17) is 14.7 Å². The fourth-order valence-electron chi connectivity index (χ4n) is 1.69. The molecule has 0 fully saturated rings. The van der Waals surface area contributed by atoms with Crippen LogP contribution in [0.25, 0.3) is 0 Å².